The van der Waals surface area contributed by atoms with Gasteiger partial charge in [-0.2, -0.15) is 0 Å². The van der Waals surface area contributed by atoms with Gasteiger partial charge in [-0.3, -0.25) is 14.9 Å². The molecular weight excluding hydrogens is 330 g/mol. The van der Waals surface area contributed by atoms with Gasteiger partial charge in [0, 0.05) is 17.7 Å². The fourth-order valence-corrected chi connectivity index (χ4v) is 2.97. The number of aromatic nitrogens is 2. The summed E-state index contributed by atoms with van der Waals surface area (Å²) in [5.74, 6) is 0.825. The molecule has 0 unspecified atom stereocenters. The number of anilines is 1. The number of carbonyl (C=O) groups is 2. The monoisotopic (exact) mass is 351 g/mol. The Morgan fingerprint density at radius 2 is 1.96 bits per heavy atom. The molecule has 0 aliphatic heterocycles. The van der Waals surface area contributed by atoms with E-state index in [0.717, 1.165) is 11.0 Å². The summed E-state index contributed by atoms with van der Waals surface area (Å²) in [6.07, 6.45) is 0.0945. The minimum Gasteiger partial charge on any atom is -0.496 e. The Bertz CT molecular complexity index is 976. The molecule has 26 heavy (non-hydrogen) atoms. The van der Waals surface area contributed by atoms with Gasteiger partial charge in [0.2, 0.25) is 11.9 Å². The number of amides is 1. The molecule has 1 heterocycles. The third kappa shape index (κ3) is 3.44. The lowest BCUT2D eigenvalue weighted by molar-refractivity contribution is -0.115. The van der Waals surface area contributed by atoms with Crippen molar-refractivity contribution < 1.29 is 14.3 Å². The van der Waals surface area contributed by atoms with Crippen LogP contribution in [0.5, 0.6) is 5.75 Å². The Labute approximate surface area is 151 Å². The second-order valence-corrected chi connectivity index (χ2v) is 5.98. The van der Waals surface area contributed by atoms with E-state index in [-0.39, 0.29) is 18.1 Å². The minimum absolute atomic E-state index is 0.0536. The topological polar surface area (TPSA) is 73.2 Å². The number of imidazole rings is 1. The molecule has 6 nitrogen and oxygen atoms in total. The Balaban J connectivity index is 1.86. The van der Waals surface area contributed by atoms with Crippen molar-refractivity contribution in [2.45, 2.75) is 26.8 Å². The van der Waals surface area contributed by atoms with E-state index in [0.29, 0.717) is 29.4 Å². The van der Waals surface area contributed by atoms with Crippen LogP contribution in [0.1, 0.15) is 29.8 Å². The molecule has 0 radical (unpaired) electrons. The summed E-state index contributed by atoms with van der Waals surface area (Å²) < 4.78 is 7.27. The standard InChI is InChI=1S/C20H21N3O3/c1-4-23-17-8-6-5-7-16(17)21-20(23)22-19(25)12-15-11-14(13(2)24)9-10-18(15)26-3/h5-11H,4,12H2,1-3H3,(H,21,22,25). The van der Waals surface area contributed by atoms with Crippen molar-refractivity contribution in [3.8, 4) is 5.75 Å². The van der Waals surface area contributed by atoms with Crippen LogP contribution in [-0.2, 0) is 17.8 Å². The molecule has 1 N–H and O–H groups in total. The lowest BCUT2D eigenvalue weighted by atomic mass is 10.0. The highest BCUT2D eigenvalue weighted by Gasteiger charge is 2.15. The van der Waals surface area contributed by atoms with Crippen molar-refractivity contribution in [3.63, 3.8) is 0 Å². The van der Waals surface area contributed by atoms with Gasteiger partial charge in [0.15, 0.2) is 5.78 Å². The third-order valence-electron chi connectivity index (χ3n) is 4.26. The summed E-state index contributed by atoms with van der Waals surface area (Å²) >= 11 is 0. The van der Waals surface area contributed by atoms with Crippen molar-refractivity contribution >= 4 is 28.7 Å². The van der Waals surface area contributed by atoms with Gasteiger partial charge < -0.3 is 9.30 Å². The number of nitrogens with zero attached hydrogens (tertiary/aromatic N) is 2. The number of aryl methyl sites for hydroxylation is 1. The maximum Gasteiger partial charge on any atom is 0.231 e. The number of carbonyl (C=O) groups excluding carboxylic acids is 2. The van der Waals surface area contributed by atoms with Gasteiger partial charge in [-0.25, -0.2) is 4.98 Å². The van der Waals surface area contributed by atoms with Crippen LogP contribution in [0.4, 0.5) is 5.95 Å². The van der Waals surface area contributed by atoms with Crippen LogP contribution in [0.2, 0.25) is 0 Å². The van der Waals surface area contributed by atoms with Gasteiger partial charge >= 0.3 is 0 Å². The van der Waals surface area contributed by atoms with E-state index in [4.69, 9.17) is 4.74 Å². The van der Waals surface area contributed by atoms with E-state index >= 15 is 0 Å². The number of ketones is 1. The maximum absolute atomic E-state index is 12.6. The third-order valence-corrected chi connectivity index (χ3v) is 4.26. The molecule has 3 aromatic rings. The first-order chi connectivity index (χ1) is 12.5. The van der Waals surface area contributed by atoms with Gasteiger partial charge in [0.25, 0.3) is 0 Å². The summed E-state index contributed by atoms with van der Waals surface area (Å²) in [6, 6.07) is 12.8. The van der Waals surface area contributed by atoms with Crippen molar-refractivity contribution in [1.82, 2.24) is 9.55 Å². The van der Waals surface area contributed by atoms with E-state index in [1.165, 1.54) is 6.92 Å². The largest absolute Gasteiger partial charge is 0.496 e. The molecular formula is C20H21N3O3. The van der Waals surface area contributed by atoms with Crippen LogP contribution >= 0.6 is 0 Å². The molecule has 3 rings (SSSR count). The molecule has 0 saturated heterocycles. The lowest BCUT2D eigenvalue weighted by Gasteiger charge is -2.11. The average Bonchev–Trinajstić information content (AvgIpc) is 2.98. The fraction of sp³-hybridized carbons (Fsp3) is 0.250. The number of hydrogen-bond acceptors (Lipinski definition) is 4. The summed E-state index contributed by atoms with van der Waals surface area (Å²) in [6.45, 7) is 4.19. The number of ether oxygens (including phenoxy) is 1. The van der Waals surface area contributed by atoms with Gasteiger partial charge in [-0.1, -0.05) is 12.1 Å². The molecule has 0 atom stereocenters. The smallest absolute Gasteiger partial charge is 0.231 e. The molecule has 1 amide bonds. The van der Waals surface area contributed by atoms with E-state index < -0.39 is 0 Å². The van der Waals surface area contributed by atoms with Crippen molar-refractivity contribution in [2.24, 2.45) is 0 Å². The number of nitrogens with one attached hydrogen (secondary N) is 1. The summed E-state index contributed by atoms with van der Waals surface area (Å²) in [7, 11) is 1.54. The zero-order valence-corrected chi connectivity index (χ0v) is 15.1. The molecule has 0 bridgehead atoms. The van der Waals surface area contributed by atoms with E-state index in [1.54, 1.807) is 25.3 Å². The molecule has 0 aliphatic rings. The van der Waals surface area contributed by atoms with E-state index in [9.17, 15) is 9.59 Å². The van der Waals surface area contributed by atoms with Crippen LogP contribution in [-0.4, -0.2) is 28.4 Å². The zero-order chi connectivity index (χ0) is 18.7. The number of hydrogen-bond donors (Lipinski definition) is 1. The van der Waals surface area contributed by atoms with Gasteiger partial charge in [0.1, 0.15) is 5.75 Å². The molecule has 134 valence electrons. The predicted octanol–water partition coefficient (Wildman–Crippen LogP) is 3.45. The lowest BCUT2D eigenvalue weighted by Crippen LogP contribution is -2.18. The molecule has 0 spiro atoms. The maximum atomic E-state index is 12.6. The second kappa shape index (κ2) is 7.39. The van der Waals surface area contributed by atoms with E-state index in [1.807, 2.05) is 35.8 Å². The minimum atomic E-state index is -0.214. The van der Waals surface area contributed by atoms with Crippen molar-refractivity contribution in [2.75, 3.05) is 12.4 Å². The highest BCUT2D eigenvalue weighted by molar-refractivity contribution is 5.96. The molecule has 0 aliphatic carbocycles. The van der Waals surface area contributed by atoms with Crippen LogP contribution in [0, 0.1) is 0 Å². The molecule has 0 fully saturated rings. The number of methoxy groups -OCH3 is 1. The Hall–Kier alpha value is -3.15. The highest BCUT2D eigenvalue weighted by Crippen LogP contribution is 2.23. The highest BCUT2D eigenvalue weighted by atomic mass is 16.5. The summed E-state index contributed by atoms with van der Waals surface area (Å²) in [5.41, 5.74) is 3.02. The van der Waals surface area contributed by atoms with Gasteiger partial charge in [-0.15, -0.1) is 0 Å². The summed E-state index contributed by atoms with van der Waals surface area (Å²) in [4.78, 5) is 28.7. The molecule has 0 saturated carbocycles. The second-order valence-electron chi connectivity index (χ2n) is 5.98. The fourth-order valence-electron chi connectivity index (χ4n) is 2.97. The molecule has 6 heteroatoms. The first-order valence-electron chi connectivity index (χ1n) is 8.46. The Kier molecular flexibility index (Phi) is 5.02. The number of rotatable bonds is 6. The first-order valence-corrected chi connectivity index (χ1v) is 8.46. The van der Waals surface area contributed by atoms with Crippen LogP contribution in [0.15, 0.2) is 42.5 Å². The van der Waals surface area contributed by atoms with Gasteiger partial charge in [0.05, 0.1) is 24.6 Å². The number of benzene rings is 2. The van der Waals surface area contributed by atoms with Crippen LogP contribution in [0.25, 0.3) is 11.0 Å². The van der Waals surface area contributed by atoms with Crippen LogP contribution in [0.3, 0.4) is 0 Å². The predicted molar refractivity (Wildman–Crippen MR) is 101 cm³/mol. The SMILES string of the molecule is CCn1c(NC(=O)Cc2cc(C(C)=O)ccc2OC)nc2ccccc21. The number of Topliss-reactive ketones (excluding diaryl/α,β-unsaturated/α-hetero) is 1. The van der Waals surface area contributed by atoms with E-state index in [2.05, 4.69) is 10.3 Å². The number of fused-ring (bicyclic) bond motifs is 1. The normalized spacial score (nSPS) is 10.7. The van der Waals surface area contributed by atoms with Crippen molar-refractivity contribution in [1.29, 1.82) is 0 Å². The number of para-hydroxylation sites is 2. The average molecular weight is 351 g/mol. The van der Waals surface area contributed by atoms with Gasteiger partial charge in [-0.05, 0) is 44.2 Å². The molecule has 1 aromatic heterocycles. The quantitative estimate of drug-likeness (QED) is 0.690. The zero-order valence-electron chi connectivity index (χ0n) is 15.1. The van der Waals surface area contributed by atoms with Crippen molar-refractivity contribution in [3.05, 3.63) is 53.6 Å². The molecule has 2 aromatic carbocycles. The first kappa shape index (κ1) is 17.7. The Morgan fingerprint density at radius 3 is 2.65 bits per heavy atom. The van der Waals surface area contributed by atoms with Crippen LogP contribution < -0.4 is 10.1 Å². The Morgan fingerprint density at radius 1 is 1.19 bits per heavy atom. The summed E-state index contributed by atoms with van der Waals surface area (Å²) in [5, 5.41) is 2.87.